The molecule has 2 atom stereocenters. The van der Waals surface area contributed by atoms with Crippen molar-refractivity contribution < 1.29 is 4.42 Å². The molecule has 3 rings (SSSR count). The van der Waals surface area contributed by atoms with Crippen molar-refractivity contribution in [3.8, 4) is 0 Å². The molecule has 0 aliphatic heterocycles. The molecule has 122 valence electrons. The maximum Gasteiger partial charge on any atom is 0.195 e. The van der Waals surface area contributed by atoms with Gasteiger partial charge in [-0.25, -0.2) is 4.98 Å². The van der Waals surface area contributed by atoms with Crippen LogP contribution >= 0.6 is 0 Å². The molecule has 0 aliphatic carbocycles. The van der Waals surface area contributed by atoms with Crippen LogP contribution in [-0.2, 0) is 6.42 Å². The van der Waals surface area contributed by atoms with Gasteiger partial charge in [0, 0.05) is 18.7 Å². The molecule has 0 spiro atoms. The Morgan fingerprint density at radius 2 is 2.09 bits per heavy atom. The van der Waals surface area contributed by atoms with Gasteiger partial charge in [-0.2, -0.15) is 5.10 Å². The smallest absolute Gasteiger partial charge is 0.195 e. The van der Waals surface area contributed by atoms with Crippen LogP contribution in [0, 0.1) is 6.92 Å². The molecule has 2 heterocycles. The van der Waals surface area contributed by atoms with Crippen molar-refractivity contribution in [2.24, 2.45) is 0 Å². The Hall–Kier alpha value is -2.14. The first-order valence-corrected chi connectivity index (χ1v) is 8.22. The number of rotatable bonds is 7. The van der Waals surface area contributed by atoms with Crippen molar-refractivity contribution in [3.05, 3.63) is 48.1 Å². The molecule has 0 aliphatic rings. The van der Waals surface area contributed by atoms with Crippen molar-refractivity contribution in [2.45, 2.75) is 45.7 Å². The summed E-state index contributed by atoms with van der Waals surface area (Å²) in [5.74, 6) is 0.816. The Morgan fingerprint density at radius 3 is 2.83 bits per heavy atom. The average Bonchev–Trinajstić information content (AvgIpc) is 3.16. The van der Waals surface area contributed by atoms with E-state index in [4.69, 9.17) is 4.42 Å². The number of fused-ring (bicyclic) bond motifs is 1. The molecular formula is C18H24N4O. The fourth-order valence-electron chi connectivity index (χ4n) is 2.65. The van der Waals surface area contributed by atoms with E-state index in [9.17, 15) is 0 Å². The van der Waals surface area contributed by atoms with E-state index in [0.29, 0.717) is 12.1 Å². The summed E-state index contributed by atoms with van der Waals surface area (Å²) in [7, 11) is 0. The minimum absolute atomic E-state index is 0.327. The number of aromatic nitrogens is 3. The number of aryl methyl sites for hydroxylation is 2. The number of nitrogens with one attached hydrogen (secondary N) is 1. The third kappa shape index (κ3) is 3.79. The summed E-state index contributed by atoms with van der Waals surface area (Å²) in [5, 5.41) is 7.95. The van der Waals surface area contributed by atoms with Gasteiger partial charge < -0.3 is 9.73 Å². The largest absolute Gasteiger partial charge is 0.441 e. The summed E-state index contributed by atoms with van der Waals surface area (Å²) < 4.78 is 7.76. The molecule has 0 saturated carbocycles. The highest BCUT2D eigenvalue weighted by atomic mass is 16.3. The second-order valence-corrected chi connectivity index (χ2v) is 6.16. The number of hydrogen-bond donors (Lipinski definition) is 1. The zero-order valence-electron chi connectivity index (χ0n) is 14.0. The van der Waals surface area contributed by atoms with Gasteiger partial charge in [0.15, 0.2) is 11.5 Å². The van der Waals surface area contributed by atoms with Crippen LogP contribution < -0.4 is 5.32 Å². The second-order valence-electron chi connectivity index (χ2n) is 6.16. The van der Waals surface area contributed by atoms with Crippen LogP contribution in [0.25, 0.3) is 11.1 Å². The summed E-state index contributed by atoms with van der Waals surface area (Å²) in [6.45, 7) is 7.38. The lowest BCUT2D eigenvalue weighted by Crippen LogP contribution is -2.34. The number of nitrogens with zero attached hydrogens (tertiary/aromatic N) is 3. The normalized spacial score (nSPS) is 14.2. The molecule has 0 bridgehead atoms. The lowest BCUT2D eigenvalue weighted by Gasteiger charge is -2.21. The van der Waals surface area contributed by atoms with Gasteiger partial charge in [-0.1, -0.05) is 12.1 Å². The van der Waals surface area contributed by atoms with Crippen molar-refractivity contribution >= 4 is 11.1 Å². The van der Waals surface area contributed by atoms with Gasteiger partial charge in [0.25, 0.3) is 0 Å². The number of oxazole rings is 1. The average molecular weight is 312 g/mol. The van der Waals surface area contributed by atoms with E-state index in [1.54, 1.807) is 0 Å². The van der Waals surface area contributed by atoms with Crippen molar-refractivity contribution in [3.63, 3.8) is 0 Å². The van der Waals surface area contributed by atoms with E-state index < -0.39 is 0 Å². The van der Waals surface area contributed by atoms with Crippen molar-refractivity contribution in [2.75, 3.05) is 6.54 Å². The Labute approximate surface area is 136 Å². The molecule has 23 heavy (non-hydrogen) atoms. The van der Waals surface area contributed by atoms with Crippen LogP contribution in [0.5, 0.6) is 0 Å². The first-order valence-electron chi connectivity index (χ1n) is 8.22. The highest BCUT2D eigenvalue weighted by molar-refractivity contribution is 5.72. The van der Waals surface area contributed by atoms with Gasteiger partial charge in [-0.3, -0.25) is 4.68 Å². The van der Waals surface area contributed by atoms with Gasteiger partial charge in [0.2, 0.25) is 0 Å². The fourth-order valence-corrected chi connectivity index (χ4v) is 2.65. The first kappa shape index (κ1) is 15.7. The molecule has 1 N–H and O–H groups in total. The molecule has 0 unspecified atom stereocenters. The SMILES string of the molecule is Cc1cnn([C@@H](C)[C@H](C)NCCCc2nc3ccccc3o2)c1. The van der Waals surface area contributed by atoms with Crippen LogP contribution in [0.1, 0.15) is 37.8 Å². The number of para-hydroxylation sites is 2. The number of hydrogen-bond acceptors (Lipinski definition) is 4. The van der Waals surface area contributed by atoms with Gasteiger partial charge in [0.05, 0.1) is 12.2 Å². The van der Waals surface area contributed by atoms with E-state index in [0.717, 1.165) is 36.4 Å². The maximum absolute atomic E-state index is 5.74. The second kappa shape index (κ2) is 6.96. The Kier molecular flexibility index (Phi) is 4.76. The molecule has 5 nitrogen and oxygen atoms in total. The minimum Gasteiger partial charge on any atom is -0.441 e. The third-order valence-electron chi connectivity index (χ3n) is 4.24. The molecule has 0 amide bonds. The summed E-state index contributed by atoms with van der Waals surface area (Å²) in [4.78, 5) is 4.51. The van der Waals surface area contributed by atoms with E-state index in [1.165, 1.54) is 5.56 Å². The molecule has 0 fully saturated rings. The van der Waals surface area contributed by atoms with E-state index in [-0.39, 0.29) is 0 Å². The molecule has 3 aromatic rings. The standard InChI is InChI=1S/C18H24N4O/c1-13-11-20-22(12-13)15(3)14(2)19-10-6-9-18-21-16-7-4-5-8-17(16)23-18/h4-5,7-8,11-12,14-15,19H,6,9-10H2,1-3H3/t14-,15-/m0/s1. The summed E-state index contributed by atoms with van der Waals surface area (Å²) in [5.41, 5.74) is 3.00. The molecule has 0 saturated heterocycles. The van der Waals surface area contributed by atoms with Crippen molar-refractivity contribution in [1.29, 1.82) is 0 Å². The number of benzene rings is 1. The fraction of sp³-hybridized carbons (Fsp3) is 0.444. The predicted molar refractivity (Wildman–Crippen MR) is 91.5 cm³/mol. The zero-order valence-corrected chi connectivity index (χ0v) is 14.0. The van der Waals surface area contributed by atoms with Crippen LogP contribution in [0.15, 0.2) is 41.1 Å². The van der Waals surface area contributed by atoms with Crippen LogP contribution in [-0.4, -0.2) is 27.4 Å². The van der Waals surface area contributed by atoms with E-state index >= 15 is 0 Å². The summed E-state index contributed by atoms with van der Waals surface area (Å²) in [6, 6.07) is 8.58. The van der Waals surface area contributed by atoms with E-state index in [2.05, 4.69) is 42.4 Å². The van der Waals surface area contributed by atoms with E-state index in [1.807, 2.05) is 35.1 Å². The topological polar surface area (TPSA) is 55.9 Å². The Morgan fingerprint density at radius 1 is 1.26 bits per heavy atom. The summed E-state index contributed by atoms with van der Waals surface area (Å²) in [6.07, 6.45) is 5.84. The van der Waals surface area contributed by atoms with Crippen LogP contribution in [0.3, 0.4) is 0 Å². The first-order chi connectivity index (χ1) is 11.1. The van der Waals surface area contributed by atoms with Gasteiger partial charge in [-0.15, -0.1) is 0 Å². The quantitative estimate of drug-likeness (QED) is 0.678. The maximum atomic E-state index is 5.74. The monoisotopic (exact) mass is 312 g/mol. The Balaban J connectivity index is 1.45. The van der Waals surface area contributed by atoms with Crippen LogP contribution in [0.2, 0.25) is 0 Å². The molecule has 5 heteroatoms. The zero-order chi connectivity index (χ0) is 16.2. The third-order valence-corrected chi connectivity index (χ3v) is 4.24. The van der Waals surface area contributed by atoms with Gasteiger partial charge in [-0.05, 0) is 51.4 Å². The lowest BCUT2D eigenvalue weighted by atomic mass is 10.1. The minimum atomic E-state index is 0.327. The summed E-state index contributed by atoms with van der Waals surface area (Å²) >= 11 is 0. The van der Waals surface area contributed by atoms with Crippen molar-refractivity contribution in [1.82, 2.24) is 20.1 Å². The molecular weight excluding hydrogens is 288 g/mol. The Bertz CT molecular complexity index is 728. The predicted octanol–water partition coefficient (Wildman–Crippen LogP) is 3.50. The van der Waals surface area contributed by atoms with Gasteiger partial charge in [0.1, 0.15) is 5.52 Å². The lowest BCUT2D eigenvalue weighted by molar-refractivity contribution is 0.363. The highest BCUT2D eigenvalue weighted by Crippen LogP contribution is 2.16. The molecule has 0 radical (unpaired) electrons. The highest BCUT2D eigenvalue weighted by Gasteiger charge is 2.14. The molecule has 2 aromatic heterocycles. The van der Waals surface area contributed by atoms with Crippen LogP contribution in [0.4, 0.5) is 0 Å². The van der Waals surface area contributed by atoms with Gasteiger partial charge >= 0.3 is 0 Å². The molecule has 1 aromatic carbocycles.